The molecule has 1 aliphatic rings. The van der Waals surface area contributed by atoms with Crippen molar-refractivity contribution in [3.63, 3.8) is 0 Å². The van der Waals surface area contributed by atoms with Gasteiger partial charge < -0.3 is 0 Å². The minimum absolute atomic E-state index is 0.174. The smallest absolute Gasteiger partial charge is 0.105 e. The molecule has 2 aromatic heterocycles. The molecule has 21 heavy (non-hydrogen) atoms. The maximum atomic E-state index is 7.94. The average Bonchev–Trinajstić information content (AvgIpc) is 3.10. The molecule has 0 spiro atoms. The molecule has 1 aliphatic carbocycles. The summed E-state index contributed by atoms with van der Waals surface area (Å²) in [5.41, 5.74) is 3.90. The third-order valence-corrected chi connectivity index (χ3v) is 4.21. The van der Waals surface area contributed by atoms with Crippen LogP contribution in [-0.2, 0) is 6.42 Å². The Kier molecular flexibility index (Phi) is 2.81. The van der Waals surface area contributed by atoms with Crippen molar-refractivity contribution in [2.45, 2.75) is 18.8 Å². The van der Waals surface area contributed by atoms with Crippen LogP contribution in [0.15, 0.2) is 53.2 Å². The SMILES string of the molecule is [2H]c1ncc(Br)cc1-n1nc2c(n1)C(c1ccccc1)CC2. The van der Waals surface area contributed by atoms with E-state index in [0.717, 1.165) is 28.7 Å². The van der Waals surface area contributed by atoms with E-state index in [1.54, 1.807) is 11.0 Å². The molecule has 0 fully saturated rings. The van der Waals surface area contributed by atoms with Gasteiger partial charge in [0.15, 0.2) is 0 Å². The first-order valence-corrected chi connectivity index (χ1v) is 7.65. The Labute approximate surface area is 132 Å². The van der Waals surface area contributed by atoms with Crippen molar-refractivity contribution >= 4 is 15.9 Å². The minimum atomic E-state index is 0.174. The van der Waals surface area contributed by atoms with Gasteiger partial charge in [-0.25, -0.2) is 0 Å². The number of aryl methyl sites for hydroxylation is 1. The largest absolute Gasteiger partial charge is 0.261 e. The van der Waals surface area contributed by atoms with E-state index in [1.807, 2.05) is 12.1 Å². The molecular formula is C16H13BrN4. The Hall–Kier alpha value is -2.01. The van der Waals surface area contributed by atoms with Crippen LogP contribution in [0.2, 0.25) is 0 Å². The first kappa shape index (κ1) is 11.6. The molecule has 0 saturated heterocycles. The zero-order valence-corrected chi connectivity index (χ0v) is 12.8. The predicted octanol–water partition coefficient (Wildman–Crippen LogP) is 3.50. The number of benzene rings is 1. The van der Waals surface area contributed by atoms with Crippen LogP contribution in [-0.4, -0.2) is 20.0 Å². The number of pyridine rings is 1. The van der Waals surface area contributed by atoms with E-state index in [0.29, 0.717) is 11.6 Å². The Balaban J connectivity index is 1.77. The maximum Gasteiger partial charge on any atom is 0.105 e. The van der Waals surface area contributed by atoms with Crippen molar-refractivity contribution in [3.05, 3.63) is 70.2 Å². The molecule has 0 radical (unpaired) electrons. The van der Waals surface area contributed by atoms with E-state index in [-0.39, 0.29) is 6.17 Å². The molecule has 1 unspecified atom stereocenters. The van der Waals surface area contributed by atoms with Crippen molar-refractivity contribution in [2.24, 2.45) is 0 Å². The molecule has 0 N–H and O–H groups in total. The molecule has 4 rings (SSSR count). The summed E-state index contributed by atoms with van der Waals surface area (Å²) >= 11 is 3.38. The van der Waals surface area contributed by atoms with Crippen LogP contribution in [0.25, 0.3) is 5.69 Å². The van der Waals surface area contributed by atoms with Gasteiger partial charge in [-0.1, -0.05) is 30.3 Å². The van der Waals surface area contributed by atoms with Gasteiger partial charge in [0.25, 0.3) is 0 Å². The third kappa shape index (κ3) is 2.27. The molecule has 0 aliphatic heterocycles. The number of hydrogen-bond acceptors (Lipinski definition) is 3. The topological polar surface area (TPSA) is 43.6 Å². The van der Waals surface area contributed by atoms with Crippen molar-refractivity contribution in [1.29, 1.82) is 0 Å². The Morgan fingerprint density at radius 3 is 2.95 bits per heavy atom. The summed E-state index contributed by atoms with van der Waals surface area (Å²) in [4.78, 5) is 5.58. The first-order chi connectivity index (χ1) is 10.7. The molecule has 3 aromatic rings. The first-order valence-electron chi connectivity index (χ1n) is 7.36. The lowest BCUT2D eigenvalue weighted by molar-refractivity contribution is 0.669. The van der Waals surface area contributed by atoms with E-state index < -0.39 is 0 Å². The second kappa shape index (κ2) is 5.07. The van der Waals surface area contributed by atoms with Crippen LogP contribution in [0, 0.1) is 0 Å². The van der Waals surface area contributed by atoms with Crippen LogP contribution >= 0.6 is 15.9 Å². The minimum Gasteiger partial charge on any atom is -0.261 e. The molecule has 0 bridgehead atoms. The summed E-state index contributed by atoms with van der Waals surface area (Å²) in [6.07, 6.45) is 3.74. The highest BCUT2D eigenvalue weighted by atomic mass is 79.9. The molecule has 4 nitrogen and oxygen atoms in total. The van der Waals surface area contributed by atoms with Gasteiger partial charge in [-0.3, -0.25) is 4.98 Å². The van der Waals surface area contributed by atoms with Crippen molar-refractivity contribution in [1.82, 2.24) is 20.0 Å². The number of halogens is 1. The molecule has 104 valence electrons. The highest BCUT2D eigenvalue weighted by Gasteiger charge is 2.29. The highest BCUT2D eigenvalue weighted by molar-refractivity contribution is 9.10. The number of fused-ring (bicyclic) bond motifs is 1. The zero-order valence-electron chi connectivity index (χ0n) is 12.2. The van der Waals surface area contributed by atoms with Gasteiger partial charge in [0.2, 0.25) is 0 Å². The van der Waals surface area contributed by atoms with Gasteiger partial charge in [0.1, 0.15) is 5.69 Å². The lowest BCUT2D eigenvalue weighted by Crippen LogP contribution is -2.03. The molecular weight excluding hydrogens is 328 g/mol. The van der Waals surface area contributed by atoms with Gasteiger partial charge in [0, 0.05) is 16.6 Å². The van der Waals surface area contributed by atoms with Crippen molar-refractivity contribution in [3.8, 4) is 5.69 Å². The average molecular weight is 342 g/mol. The highest BCUT2D eigenvalue weighted by Crippen LogP contribution is 2.36. The maximum absolute atomic E-state index is 7.94. The lowest BCUT2D eigenvalue weighted by Gasteiger charge is -2.09. The summed E-state index contributed by atoms with van der Waals surface area (Å²) in [5.74, 6) is 0.291. The van der Waals surface area contributed by atoms with E-state index in [9.17, 15) is 0 Å². The standard InChI is InChI=1S/C16H13BrN4/c17-12-8-13(10-18-9-12)21-19-15-7-6-14(16(15)20-21)11-4-2-1-3-5-11/h1-5,8-10,14H,6-7H2/i10D. The summed E-state index contributed by atoms with van der Waals surface area (Å²) in [6, 6.07) is 12.2. The van der Waals surface area contributed by atoms with Gasteiger partial charge >= 0.3 is 0 Å². The molecule has 1 aromatic carbocycles. The Morgan fingerprint density at radius 1 is 1.24 bits per heavy atom. The van der Waals surface area contributed by atoms with Crippen molar-refractivity contribution in [2.75, 3.05) is 0 Å². The molecule has 5 heteroatoms. The fourth-order valence-corrected chi connectivity index (χ4v) is 3.11. The summed E-state index contributed by atoms with van der Waals surface area (Å²) in [6.45, 7) is 0. The quantitative estimate of drug-likeness (QED) is 0.716. The van der Waals surface area contributed by atoms with Gasteiger partial charge in [-0.2, -0.15) is 10.2 Å². The van der Waals surface area contributed by atoms with Crippen LogP contribution < -0.4 is 0 Å². The van der Waals surface area contributed by atoms with E-state index in [4.69, 9.17) is 1.37 Å². The number of aromatic nitrogens is 4. The Bertz CT molecular complexity index is 831. The normalized spacial score (nSPS) is 17.6. The number of hydrogen-bond donors (Lipinski definition) is 0. The Morgan fingerprint density at radius 2 is 2.10 bits per heavy atom. The lowest BCUT2D eigenvalue weighted by atomic mass is 9.97. The predicted molar refractivity (Wildman–Crippen MR) is 83.5 cm³/mol. The second-order valence-electron chi connectivity index (χ2n) is 5.11. The summed E-state index contributed by atoms with van der Waals surface area (Å²) in [5, 5.41) is 9.21. The molecule has 0 saturated carbocycles. The fourth-order valence-electron chi connectivity index (χ4n) is 2.79. The number of rotatable bonds is 2. The van der Waals surface area contributed by atoms with Crippen molar-refractivity contribution < 1.29 is 1.37 Å². The summed E-state index contributed by atoms with van der Waals surface area (Å²) in [7, 11) is 0. The molecule has 2 heterocycles. The van der Waals surface area contributed by atoms with Gasteiger partial charge in [-0.05, 0) is 40.4 Å². The van der Waals surface area contributed by atoms with Crippen LogP contribution in [0.3, 0.4) is 0 Å². The van der Waals surface area contributed by atoms with Crippen LogP contribution in [0.5, 0.6) is 0 Å². The van der Waals surface area contributed by atoms with E-state index >= 15 is 0 Å². The van der Waals surface area contributed by atoms with E-state index in [1.165, 1.54) is 5.56 Å². The fraction of sp³-hybridized carbons (Fsp3) is 0.188. The van der Waals surface area contributed by atoms with Gasteiger partial charge in [0.05, 0.1) is 18.9 Å². The van der Waals surface area contributed by atoms with Crippen LogP contribution in [0.4, 0.5) is 0 Å². The monoisotopic (exact) mass is 341 g/mol. The molecule has 0 amide bonds. The van der Waals surface area contributed by atoms with E-state index in [2.05, 4.69) is 55.4 Å². The third-order valence-electron chi connectivity index (χ3n) is 3.77. The molecule has 1 atom stereocenters. The zero-order chi connectivity index (χ0) is 15.1. The van der Waals surface area contributed by atoms with Crippen LogP contribution in [0.1, 0.15) is 30.7 Å². The second-order valence-corrected chi connectivity index (χ2v) is 6.02. The number of nitrogens with zero attached hydrogens (tertiary/aromatic N) is 4. The van der Waals surface area contributed by atoms with Gasteiger partial charge in [-0.15, -0.1) is 4.80 Å². The summed E-state index contributed by atoms with van der Waals surface area (Å²) < 4.78 is 8.76.